The molecule has 0 bridgehead atoms. The van der Waals surface area contributed by atoms with Crippen molar-refractivity contribution < 1.29 is 23.1 Å². The van der Waals surface area contributed by atoms with Crippen LogP contribution in [-0.2, 0) is 20.4 Å². The fourth-order valence-corrected chi connectivity index (χ4v) is 8.71. The van der Waals surface area contributed by atoms with Crippen molar-refractivity contribution in [3.05, 3.63) is 45.8 Å². The molecule has 0 saturated carbocycles. The van der Waals surface area contributed by atoms with Crippen LogP contribution in [0.1, 0.15) is 51.5 Å². The largest absolute Gasteiger partial charge is 0.484 e. The molecule has 3 aromatic rings. The second-order valence-corrected chi connectivity index (χ2v) is 22.9. The summed E-state index contributed by atoms with van der Waals surface area (Å²) in [6.07, 6.45) is -0.384. The molecule has 3 heterocycles. The molecule has 5 rings (SSSR count). The summed E-state index contributed by atoms with van der Waals surface area (Å²) in [5.74, 6) is 1.05. The Morgan fingerprint density at radius 3 is 2.30 bits per heavy atom. The van der Waals surface area contributed by atoms with Crippen molar-refractivity contribution in [3.63, 3.8) is 0 Å². The summed E-state index contributed by atoms with van der Waals surface area (Å²) in [6, 6.07) is 7.84. The number of hydrogen-bond donors (Lipinski definition) is 0. The van der Waals surface area contributed by atoms with Gasteiger partial charge < -0.3 is 18.3 Å². The molecule has 8 heteroatoms. The highest BCUT2D eigenvalue weighted by molar-refractivity contribution is 6.89. The molecule has 2 aromatic carbocycles. The molecule has 0 radical (unpaired) electrons. The first kappa shape index (κ1) is 26.2. The number of rotatable bonds is 5. The molecule has 1 saturated heterocycles. The van der Waals surface area contributed by atoms with E-state index in [4.69, 9.17) is 18.3 Å². The normalized spacial score (nSPS) is 20.6. The Labute approximate surface area is 220 Å². The van der Waals surface area contributed by atoms with E-state index in [1.165, 1.54) is 0 Å². The van der Waals surface area contributed by atoms with Crippen LogP contribution in [0.2, 0.25) is 37.8 Å². The van der Waals surface area contributed by atoms with Gasteiger partial charge >= 0.3 is 5.97 Å². The van der Waals surface area contributed by atoms with Crippen LogP contribution >= 0.6 is 0 Å². The first-order chi connectivity index (χ1) is 17.1. The summed E-state index contributed by atoms with van der Waals surface area (Å²) in [5, 5.41) is 3.06. The van der Waals surface area contributed by atoms with Gasteiger partial charge in [-0.2, -0.15) is 0 Å². The molecule has 37 heavy (non-hydrogen) atoms. The number of fused-ring (bicyclic) bond motifs is 8. The van der Waals surface area contributed by atoms with Crippen LogP contribution in [0, 0.1) is 0 Å². The average Bonchev–Trinajstić information content (AvgIpc) is 3.28. The van der Waals surface area contributed by atoms with Gasteiger partial charge in [-0.3, -0.25) is 9.59 Å². The summed E-state index contributed by atoms with van der Waals surface area (Å²) in [6.45, 7) is 19.8. The van der Waals surface area contributed by atoms with Gasteiger partial charge in [0.05, 0.1) is 25.4 Å². The Kier molecular flexibility index (Phi) is 6.05. The zero-order valence-electron chi connectivity index (χ0n) is 23.4. The van der Waals surface area contributed by atoms with Gasteiger partial charge in [0.1, 0.15) is 17.1 Å². The standard InChI is InChI=1S/C29H38O6Si2/c1-16(35-37(8,9)29(2,3)4)14-20-28(36(5,6)7)24(31)22-23-26(32-19-15-21(30)34-27(19)23)18-13-11-10-12-17(18)25(22)33-20/h10-13,16,19,27H,14-15H2,1-9H3/t16-,19+,27-/m0/s1. The number of carbonyl (C=O) groups is 1. The lowest BCUT2D eigenvalue weighted by Gasteiger charge is -2.38. The van der Waals surface area contributed by atoms with Crippen LogP contribution in [0.15, 0.2) is 33.5 Å². The monoisotopic (exact) mass is 538 g/mol. The Morgan fingerprint density at radius 1 is 1.03 bits per heavy atom. The maximum atomic E-state index is 14.4. The highest BCUT2D eigenvalue weighted by atomic mass is 28.4. The Balaban J connectivity index is 1.75. The minimum absolute atomic E-state index is 0.0239. The van der Waals surface area contributed by atoms with Gasteiger partial charge in [-0.15, -0.1) is 0 Å². The first-order valence-electron chi connectivity index (χ1n) is 13.2. The van der Waals surface area contributed by atoms with Gasteiger partial charge in [0.15, 0.2) is 26.0 Å². The topological polar surface area (TPSA) is 75.0 Å². The third kappa shape index (κ3) is 4.27. The van der Waals surface area contributed by atoms with Gasteiger partial charge in [0.2, 0.25) is 0 Å². The molecule has 6 nitrogen and oxygen atoms in total. The Morgan fingerprint density at radius 2 is 1.68 bits per heavy atom. The number of benzene rings is 2. The van der Waals surface area contributed by atoms with Crippen molar-refractivity contribution in [2.45, 2.75) is 96.6 Å². The molecule has 0 N–H and O–H groups in total. The third-order valence-corrected chi connectivity index (χ3v) is 14.8. The fraction of sp³-hybridized carbons (Fsp3) is 0.517. The lowest BCUT2D eigenvalue weighted by Crippen LogP contribution is -2.50. The van der Waals surface area contributed by atoms with E-state index in [0.29, 0.717) is 34.5 Å². The van der Waals surface area contributed by atoms with E-state index in [1.54, 1.807) is 0 Å². The van der Waals surface area contributed by atoms with Gasteiger partial charge in [-0.05, 0) is 25.1 Å². The van der Waals surface area contributed by atoms with Gasteiger partial charge in [-0.25, -0.2) is 0 Å². The van der Waals surface area contributed by atoms with Gasteiger partial charge in [0, 0.05) is 28.5 Å². The van der Waals surface area contributed by atoms with E-state index in [2.05, 4.69) is 60.4 Å². The minimum Gasteiger partial charge on any atom is -0.484 e. The second kappa shape index (κ2) is 8.54. The Hall–Kier alpha value is -2.43. The quantitative estimate of drug-likeness (QED) is 0.219. The average molecular weight is 539 g/mol. The lowest BCUT2D eigenvalue weighted by atomic mass is 9.96. The number of carbonyl (C=O) groups excluding carboxylic acids is 1. The van der Waals surface area contributed by atoms with Crippen molar-refractivity contribution >= 4 is 49.3 Å². The zero-order chi connectivity index (χ0) is 27.1. The molecule has 0 amide bonds. The molecule has 1 fully saturated rings. The Bertz CT molecular complexity index is 1470. The summed E-state index contributed by atoms with van der Waals surface area (Å²) in [4.78, 5) is 26.6. The van der Waals surface area contributed by atoms with E-state index in [-0.39, 0.29) is 29.0 Å². The van der Waals surface area contributed by atoms with Crippen LogP contribution in [0.4, 0.5) is 0 Å². The molecule has 0 unspecified atom stereocenters. The molecular formula is C29H38O6Si2. The predicted molar refractivity (Wildman–Crippen MR) is 152 cm³/mol. The highest BCUT2D eigenvalue weighted by Gasteiger charge is 2.47. The number of hydrogen-bond acceptors (Lipinski definition) is 6. The molecule has 198 valence electrons. The molecule has 2 aliphatic heterocycles. The lowest BCUT2D eigenvalue weighted by molar-refractivity contribution is -0.141. The van der Waals surface area contributed by atoms with Crippen molar-refractivity contribution in [3.8, 4) is 5.75 Å². The maximum Gasteiger partial charge on any atom is 0.310 e. The number of esters is 1. The van der Waals surface area contributed by atoms with Crippen molar-refractivity contribution in [2.24, 2.45) is 0 Å². The first-order valence-corrected chi connectivity index (χ1v) is 19.6. The molecule has 1 aromatic heterocycles. The van der Waals surface area contributed by atoms with Gasteiger partial charge in [0.25, 0.3) is 0 Å². The highest BCUT2D eigenvalue weighted by Crippen LogP contribution is 2.51. The second-order valence-electron chi connectivity index (χ2n) is 13.1. The van der Waals surface area contributed by atoms with E-state index in [1.807, 2.05) is 24.3 Å². The van der Waals surface area contributed by atoms with Crippen LogP contribution in [-0.4, -0.2) is 34.6 Å². The van der Waals surface area contributed by atoms with E-state index >= 15 is 0 Å². The van der Waals surface area contributed by atoms with Crippen LogP contribution in [0.3, 0.4) is 0 Å². The summed E-state index contributed by atoms with van der Waals surface area (Å²) >= 11 is 0. The summed E-state index contributed by atoms with van der Waals surface area (Å²) in [5.41, 5.74) is 1.18. The molecule has 0 spiro atoms. The van der Waals surface area contributed by atoms with Crippen LogP contribution < -0.4 is 15.4 Å². The molecule has 0 aliphatic carbocycles. The fourth-order valence-electron chi connectivity index (χ4n) is 5.47. The van der Waals surface area contributed by atoms with E-state index in [9.17, 15) is 9.59 Å². The molecule has 3 atom stereocenters. The van der Waals surface area contributed by atoms with Crippen LogP contribution in [0.5, 0.6) is 5.75 Å². The molecular weight excluding hydrogens is 500 g/mol. The maximum absolute atomic E-state index is 14.4. The summed E-state index contributed by atoms with van der Waals surface area (Å²) in [7, 11) is -4.15. The predicted octanol–water partition coefficient (Wildman–Crippen LogP) is 6.19. The summed E-state index contributed by atoms with van der Waals surface area (Å²) < 4.78 is 25.4. The SMILES string of the molecule is C[C@@H](Cc1oc2c(c3c(c4ccccc42)O[C@@H]2CC(=O)O[C@H]32)c(=O)c1[Si](C)(C)C)O[Si](C)(C)C(C)(C)C. The van der Waals surface area contributed by atoms with Crippen molar-refractivity contribution in [2.75, 3.05) is 0 Å². The van der Waals surface area contributed by atoms with Gasteiger partial charge in [-0.1, -0.05) is 64.7 Å². The zero-order valence-corrected chi connectivity index (χ0v) is 25.4. The van der Waals surface area contributed by atoms with Crippen molar-refractivity contribution in [1.29, 1.82) is 0 Å². The molecule has 2 aliphatic rings. The smallest absolute Gasteiger partial charge is 0.310 e. The minimum atomic E-state index is -2.15. The third-order valence-electron chi connectivity index (χ3n) is 8.16. The van der Waals surface area contributed by atoms with E-state index < -0.39 is 28.6 Å². The van der Waals surface area contributed by atoms with Crippen molar-refractivity contribution in [1.82, 2.24) is 0 Å². The van der Waals surface area contributed by atoms with E-state index in [0.717, 1.165) is 16.0 Å². The number of ether oxygens (including phenoxy) is 2. The van der Waals surface area contributed by atoms with Crippen LogP contribution in [0.25, 0.3) is 21.7 Å².